The average Bonchev–Trinajstić information content (AvgIpc) is 3.43. The van der Waals surface area contributed by atoms with Gasteiger partial charge in [0.25, 0.3) is 0 Å². The minimum atomic E-state index is -3.83. The van der Waals surface area contributed by atoms with Crippen LogP contribution in [0.3, 0.4) is 0 Å². The minimum absolute atomic E-state index is 0.104. The van der Waals surface area contributed by atoms with Gasteiger partial charge in [0, 0.05) is 25.2 Å². The Kier molecular flexibility index (Phi) is 6.26. The third kappa shape index (κ3) is 4.64. The van der Waals surface area contributed by atoms with Gasteiger partial charge in [0.15, 0.2) is 5.76 Å². The molecule has 0 atom stereocenters. The molecule has 0 radical (unpaired) electrons. The molecular formula is C23H27N7O4S. The van der Waals surface area contributed by atoms with E-state index in [0.717, 1.165) is 16.7 Å². The van der Waals surface area contributed by atoms with Crippen LogP contribution in [-0.4, -0.2) is 60.4 Å². The topological polar surface area (TPSA) is 126 Å². The van der Waals surface area contributed by atoms with E-state index >= 15 is 0 Å². The summed E-state index contributed by atoms with van der Waals surface area (Å²) in [6.45, 7) is 8.01. The second-order valence-corrected chi connectivity index (χ2v) is 10.5. The Morgan fingerprint density at radius 3 is 2.63 bits per heavy atom. The van der Waals surface area contributed by atoms with Crippen LogP contribution in [0.1, 0.15) is 33.8 Å². The van der Waals surface area contributed by atoms with Crippen molar-refractivity contribution in [2.24, 2.45) is 5.10 Å². The van der Waals surface area contributed by atoms with E-state index in [9.17, 15) is 8.42 Å². The van der Waals surface area contributed by atoms with Gasteiger partial charge in [-0.15, -0.1) is 0 Å². The van der Waals surface area contributed by atoms with Crippen LogP contribution in [0.25, 0.3) is 0 Å². The number of nitrogens with one attached hydrogen (secondary N) is 1. The van der Waals surface area contributed by atoms with Crippen molar-refractivity contribution < 1.29 is 17.7 Å². The number of aromatic nitrogens is 3. The molecule has 0 spiro atoms. The third-order valence-corrected chi connectivity index (χ3v) is 8.06. The summed E-state index contributed by atoms with van der Waals surface area (Å²) in [7, 11) is -3.83. The average molecular weight is 498 g/mol. The van der Waals surface area contributed by atoms with Crippen molar-refractivity contribution in [3.63, 3.8) is 0 Å². The highest BCUT2D eigenvalue weighted by Crippen LogP contribution is 2.35. The van der Waals surface area contributed by atoms with Gasteiger partial charge in [-0.05, 0) is 26.3 Å². The van der Waals surface area contributed by atoms with Gasteiger partial charge in [-0.25, -0.2) is 18.8 Å². The number of aryl methyl sites for hydroxylation is 3. The number of rotatable bonds is 6. The third-order valence-electron chi connectivity index (χ3n) is 6.03. The number of morpholine rings is 1. The molecule has 0 bridgehead atoms. The van der Waals surface area contributed by atoms with Crippen LogP contribution >= 0.6 is 0 Å². The zero-order valence-electron chi connectivity index (χ0n) is 19.9. The fourth-order valence-electron chi connectivity index (χ4n) is 4.35. The molecule has 4 heterocycles. The predicted molar refractivity (Wildman–Crippen MR) is 130 cm³/mol. The Labute approximate surface area is 203 Å². The highest BCUT2D eigenvalue weighted by atomic mass is 32.2. The fourth-order valence-corrected chi connectivity index (χ4v) is 6.01. The molecule has 2 aromatic heterocycles. The van der Waals surface area contributed by atoms with Crippen LogP contribution in [0.5, 0.6) is 0 Å². The zero-order valence-corrected chi connectivity index (χ0v) is 20.7. The van der Waals surface area contributed by atoms with Crippen molar-refractivity contribution in [2.75, 3.05) is 36.6 Å². The molecule has 5 rings (SSSR count). The van der Waals surface area contributed by atoms with Gasteiger partial charge in [0.1, 0.15) is 16.4 Å². The minimum Gasteiger partial charge on any atom is -0.378 e. The van der Waals surface area contributed by atoms with E-state index in [4.69, 9.17) is 14.2 Å². The molecule has 12 heteroatoms. The van der Waals surface area contributed by atoms with Gasteiger partial charge in [-0.3, -0.25) is 0 Å². The molecular weight excluding hydrogens is 470 g/mol. The lowest BCUT2D eigenvalue weighted by molar-refractivity contribution is 0.122. The molecule has 2 aliphatic heterocycles. The van der Waals surface area contributed by atoms with Gasteiger partial charge in [-0.2, -0.15) is 14.4 Å². The van der Waals surface area contributed by atoms with Crippen LogP contribution in [-0.2, 0) is 27.8 Å². The Morgan fingerprint density at radius 1 is 1.11 bits per heavy atom. The number of hydrogen-bond donors (Lipinski definition) is 1. The van der Waals surface area contributed by atoms with Crippen molar-refractivity contribution >= 4 is 28.0 Å². The van der Waals surface area contributed by atoms with Crippen LogP contribution in [0.4, 0.5) is 11.8 Å². The highest BCUT2D eigenvalue weighted by molar-refractivity contribution is 7.89. The highest BCUT2D eigenvalue weighted by Gasteiger charge is 2.38. The maximum Gasteiger partial charge on any atom is 0.249 e. The summed E-state index contributed by atoms with van der Waals surface area (Å²) in [6, 6.07) is 7.96. The molecule has 0 saturated carbocycles. The number of anilines is 2. The van der Waals surface area contributed by atoms with E-state index in [2.05, 4.69) is 25.6 Å². The number of nitrogens with zero attached hydrogens (tertiary/aromatic N) is 6. The number of benzene rings is 1. The van der Waals surface area contributed by atoms with Crippen LogP contribution in [0.15, 0.2) is 38.8 Å². The molecule has 1 aromatic carbocycles. The quantitative estimate of drug-likeness (QED) is 0.403. The second kappa shape index (κ2) is 9.36. The van der Waals surface area contributed by atoms with Gasteiger partial charge in [0.2, 0.25) is 16.0 Å². The SMILES string of the molecule is Cc1cccc(/C=N/Nc2nc3c(c(N4CCOCC4)n2)CN(S(=O)(=O)c2c(C)noc2C)C3)c1. The molecule has 0 amide bonds. The summed E-state index contributed by atoms with van der Waals surface area (Å²) in [5.74, 6) is 1.28. The number of fused-ring (bicyclic) bond motifs is 1. The Balaban J connectivity index is 1.46. The van der Waals surface area contributed by atoms with Crippen molar-refractivity contribution in [3.05, 3.63) is 58.1 Å². The first-order chi connectivity index (χ1) is 16.8. The van der Waals surface area contributed by atoms with Crippen LogP contribution < -0.4 is 10.3 Å². The van der Waals surface area contributed by atoms with Crippen molar-refractivity contribution in [1.29, 1.82) is 0 Å². The van der Waals surface area contributed by atoms with Gasteiger partial charge in [-0.1, -0.05) is 35.0 Å². The van der Waals surface area contributed by atoms with E-state index in [0.29, 0.717) is 49.5 Å². The Morgan fingerprint density at radius 2 is 1.91 bits per heavy atom. The Hall–Kier alpha value is -3.35. The van der Waals surface area contributed by atoms with E-state index in [1.807, 2.05) is 31.2 Å². The summed E-state index contributed by atoms with van der Waals surface area (Å²) in [4.78, 5) is 11.5. The first-order valence-corrected chi connectivity index (χ1v) is 12.8. The van der Waals surface area contributed by atoms with Gasteiger partial charge in [0.05, 0.1) is 31.7 Å². The first-order valence-electron chi connectivity index (χ1n) is 11.3. The number of ether oxygens (including phenoxy) is 1. The molecule has 0 unspecified atom stereocenters. The molecule has 1 N–H and O–H groups in total. The summed E-state index contributed by atoms with van der Waals surface area (Å²) in [5.41, 5.74) is 6.77. The monoisotopic (exact) mass is 497 g/mol. The molecule has 3 aromatic rings. The number of sulfonamides is 1. The fraction of sp³-hybridized carbons (Fsp3) is 0.391. The summed E-state index contributed by atoms with van der Waals surface area (Å²) >= 11 is 0. The number of hydrogen-bond acceptors (Lipinski definition) is 10. The zero-order chi connectivity index (χ0) is 24.6. The lowest BCUT2D eigenvalue weighted by Gasteiger charge is -2.29. The molecule has 184 valence electrons. The van der Waals surface area contributed by atoms with Gasteiger partial charge < -0.3 is 14.2 Å². The van der Waals surface area contributed by atoms with E-state index in [1.165, 1.54) is 4.31 Å². The normalized spacial score (nSPS) is 16.7. The van der Waals surface area contributed by atoms with E-state index in [1.54, 1.807) is 20.1 Å². The maximum atomic E-state index is 13.4. The predicted octanol–water partition coefficient (Wildman–Crippen LogP) is 2.38. The molecule has 1 fully saturated rings. The van der Waals surface area contributed by atoms with Gasteiger partial charge >= 0.3 is 0 Å². The van der Waals surface area contributed by atoms with Crippen LogP contribution in [0, 0.1) is 20.8 Å². The maximum absolute atomic E-state index is 13.4. The standard InChI is InChI=1S/C23H27N7O4S/c1-15-5-4-6-18(11-15)12-24-27-23-25-20-14-30(35(31,32)21-16(2)28-34-17(21)3)13-19(20)22(26-23)29-7-9-33-10-8-29/h4-6,11-12H,7-10,13-14H2,1-3H3,(H,25,26,27)/b24-12+. The first kappa shape index (κ1) is 23.4. The van der Waals surface area contributed by atoms with E-state index < -0.39 is 10.0 Å². The molecule has 35 heavy (non-hydrogen) atoms. The molecule has 2 aliphatic rings. The van der Waals surface area contributed by atoms with Crippen molar-refractivity contribution in [1.82, 2.24) is 19.4 Å². The number of hydrazone groups is 1. The summed E-state index contributed by atoms with van der Waals surface area (Å²) in [6.07, 6.45) is 1.70. The van der Waals surface area contributed by atoms with E-state index in [-0.39, 0.29) is 23.7 Å². The second-order valence-electron chi connectivity index (χ2n) is 8.61. The van der Waals surface area contributed by atoms with Crippen molar-refractivity contribution in [3.8, 4) is 0 Å². The largest absolute Gasteiger partial charge is 0.378 e. The summed E-state index contributed by atoms with van der Waals surface area (Å²) < 4.78 is 38.9. The molecule has 11 nitrogen and oxygen atoms in total. The van der Waals surface area contributed by atoms with Crippen LogP contribution in [0.2, 0.25) is 0 Å². The Bertz CT molecular complexity index is 1360. The smallest absolute Gasteiger partial charge is 0.249 e. The lowest BCUT2D eigenvalue weighted by Crippen LogP contribution is -2.37. The molecule has 0 aliphatic carbocycles. The summed E-state index contributed by atoms with van der Waals surface area (Å²) in [5, 5.41) is 8.12. The van der Waals surface area contributed by atoms with Crippen molar-refractivity contribution in [2.45, 2.75) is 38.8 Å². The lowest BCUT2D eigenvalue weighted by atomic mass is 10.2. The molecule has 1 saturated heterocycles.